The number of rotatable bonds is 4. The lowest BCUT2D eigenvalue weighted by molar-refractivity contribution is -0.169. The zero-order chi connectivity index (χ0) is 32.1. The predicted molar refractivity (Wildman–Crippen MR) is 158 cm³/mol. The molecular formula is C31H42N4O8. The first-order valence-electron chi connectivity index (χ1n) is 14.5. The van der Waals surface area contributed by atoms with E-state index in [0.29, 0.717) is 11.3 Å². The van der Waals surface area contributed by atoms with Crippen LogP contribution in [0.25, 0.3) is 5.76 Å². The summed E-state index contributed by atoms with van der Waals surface area (Å²) in [7, 11) is 2.95. The van der Waals surface area contributed by atoms with Crippen LogP contribution >= 0.6 is 0 Å². The van der Waals surface area contributed by atoms with Crippen LogP contribution < -0.4 is 16.4 Å². The summed E-state index contributed by atoms with van der Waals surface area (Å²) in [5.74, 6) is -9.04. The molecule has 0 aromatic heterocycles. The van der Waals surface area contributed by atoms with E-state index in [4.69, 9.17) is 5.73 Å². The number of primary amides is 1. The molecule has 12 nitrogen and oxygen atoms in total. The third kappa shape index (κ3) is 4.45. The second-order valence-corrected chi connectivity index (χ2v) is 14.1. The SMILES string of the molecule is C[C@H]1c2ccc(NC3CC(C)(C)NC(C)(C)C3)c(O)c2C(O)=C2C(=O)[C@]3(O)C(O)=C(C(N)=O)C(=O)[C@@H](N(C)C)C3[C@@H](O)C21. The number of carbonyl (C=O) groups is 3. The average molecular weight is 599 g/mol. The van der Waals surface area contributed by atoms with Gasteiger partial charge >= 0.3 is 0 Å². The molecule has 234 valence electrons. The highest BCUT2D eigenvalue weighted by Crippen LogP contribution is 2.56. The summed E-state index contributed by atoms with van der Waals surface area (Å²) < 4.78 is 0. The molecule has 4 aliphatic rings. The Morgan fingerprint density at radius 3 is 2.19 bits per heavy atom. The third-order valence-corrected chi connectivity index (χ3v) is 9.68. The first kappa shape index (κ1) is 31.0. The van der Waals surface area contributed by atoms with Gasteiger partial charge in [0.1, 0.15) is 22.8 Å². The van der Waals surface area contributed by atoms with Crippen LogP contribution in [0.2, 0.25) is 0 Å². The normalized spacial score (nSPS) is 33.7. The molecule has 1 saturated carbocycles. The fraction of sp³-hybridized carbons (Fsp3) is 0.581. The van der Waals surface area contributed by atoms with Crippen molar-refractivity contribution in [3.63, 3.8) is 0 Å². The molecule has 5 rings (SSSR count). The molecule has 6 atom stereocenters. The van der Waals surface area contributed by atoms with Gasteiger partial charge in [-0.15, -0.1) is 0 Å². The van der Waals surface area contributed by atoms with E-state index in [2.05, 4.69) is 38.3 Å². The van der Waals surface area contributed by atoms with Crippen LogP contribution in [0, 0.1) is 11.8 Å². The highest BCUT2D eigenvalue weighted by molar-refractivity contribution is 6.24. The lowest BCUT2D eigenvalue weighted by Crippen LogP contribution is -2.70. The van der Waals surface area contributed by atoms with E-state index < -0.39 is 75.6 Å². The number of hydrogen-bond acceptors (Lipinski definition) is 11. The number of benzene rings is 1. The highest BCUT2D eigenvalue weighted by atomic mass is 16.4. The molecule has 0 radical (unpaired) electrons. The van der Waals surface area contributed by atoms with E-state index in [9.17, 15) is 39.9 Å². The summed E-state index contributed by atoms with van der Waals surface area (Å²) in [6, 6.07) is 1.98. The summed E-state index contributed by atoms with van der Waals surface area (Å²) >= 11 is 0. The van der Waals surface area contributed by atoms with E-state index in [1.54, 1.807) is 19.1 Å². The number of nitrogens with zero attached hydrogens (tertiary/aromatic N) is 1. The van der Waals surface area contributed by atoms with E-state index in [1.807, 2.05) is 0 Å². The van der Waals surface area contributed by atoms with Crippen molar-refractivity contribution in [3.05, 3.63) is 40.2 Å². The number of Topliss-reactive ketones (excluding diaryl/α,β-unsaturated/α-hetero) is 2. The quantitative estimate of drug-likeness (QED) is 0.183. The topological polar surface area (TPSA) is 206 Å². The van der Waals surface area contributed by atoms with Crippen molar-refractivity contribution in [2.45, 2.75) is 88.2 Å². The van der Waals surface area contributed by atoms with Crippen LogP contribution in [0.3, 0.4) is 0 Å². The number of nitrogens with two attached hydrogens (primary N) is 1. The molecule has 1 aromatic rings. The Balaban J connectivity index is 1.66. The van der Waals surface area contributed by atoms with Crippen molar-refractivity contribution in [2.24, 2.45) is 17.6 Å². The number of likely N-dealkylation sites (N-methyl/N-ethyl adjacent to an activating group) is 1. The van der Waals surface area contributed by atoms with Gasteiger partial charge in [-0.25, -0.2) is 0 Å². The molecule has 43 heavy (non-hydrogen) atoms. The maximum Gasteiger partial charge on any atom is 0.255 e. The van der Waals surface area contributed by atoms with Gasteiger partial charge in [0.05, 0.1) is 29.3 Å². The van der Waals surface area contributed by atoms with Crippen molar-refractivity contribution >= 4 is 28.9 Å². The smallest absolute Gasteiger partial charge is 0.255 e. The number of fused-ring (bicyclic) bond motifs is 3. The summed E-state index contributed by atoms with van der Waals surface area (Å²) in [5, 5.41) is 64.7. The van der Waals surface area contributed by atoms with Crippen molar-refractivity contribution in [3.8, 4) is 5.75 Å². The van der Waals surface area contributed by atoms with Crippen LogP contribution in [-0.4, -0.2) is 96.9 Å². The fourth-order valence-corrected chi connectivity index (χ4v) is 8.38. The van der Waals surface area contributed by atoms with Gasteiger partial charge in [0.25, 0.3) is 5.91 Å². The van der Waals surface area contributed by atoms with Gasteiger partial charge < -0.3 is 41.9 Å². The summed E-state index contributed by atoms with van der Waals surface area (Å²) in [5.41, 5.74) is 1.47. The Morgan fingerprint density at radius 1 is 1.07 bits per heavy atom. The number of aliphatic hydroxyl groups is 4. The Kier molecular flexibility index (Phi) is 7.05. The van der Waals surface area contributed by atoms with Crippen LogP contribution in [0.4, 0.5) is 5.69 Å². The number of anilines is 1. The van der Waals surface area contributed by atoms with E-state index in [0.717, 1.165) is 12.8 Å². The van der Waals surface area contributed by atoms with Crippen molar-refractivity contribution in [1.82, 2.24) is 10.2 Å². The first-order chi connectivity index (χ1) is 19.7. The number of piperidine rings is 1. The minimum Gasteiger partial charge on any atom is -0.508 e. The van der Waals surface area contributed by atoms with Crippen LogP contribution in [0.5, 0.6) is 5.75 Å². The van der Waals surface area contributed by atoms with Crippen molar-refractivity contribution in [2.75, 3.05) is 19.4 Å². The Morgan fingerprint density at radius 2 is 1.65 bits per heavy atom. The zero-order valence-corrected chi connectivity index (χ0v) is 25.5. The van der Waals surface area contributed by atoms with Gasteiger partial charge in [-0.05, 0) is 72.2 Å². The molecule has 1 heterocycles. The van der Waals surface area contributed by atoms with Crippen LogP contribution in [-0.2, 0) is 14.4 Å². The molecule has 9 N–H and O–H groups in total. The number of hydrogen-bond donors (Lipinski definition) is 8. The first-order valence-corrected chi connectivity index (χ1v) is 14.5. The number of amides is 1. The minimum atomic E-state index is -2.94. The zero-order valence-electron chi connectivity index (χ0n) is 25.5. The fourth-order valence-electron chi connectivity index (χ4n) is 8.38. The van der Waals surface area contributed by atoms with Gasteiger partial charge in [-0.1, -0.05) is 13.0 Å². The number of aromatic hydroxyl groups is 1. The number of phenolic OH excluding ortho intramolecular Hbond substituents is 1. The molecule has 2 fully saturated rings. The largest absolute Gasteiger partial charge is 0.508 e. The second-order valence-electron chi connectivity index (χ2n) is 14.1. The van der Waals surface area contributed by atoms with Gasteiger partial charge in [-0.2, -0.15) is 0 Å². The maximum atomic E-state index is 14.2. The Bertz CT molecular complexity index is 1480. The average Bonchev–Trinajstić information content (AvgIpc) is 2.85. The molecule has 0 bridgehead atoms. The highest BCUT2D eigenvalue weighted by Gasteiger charge is 2.68. The molecule has 1 aromatic carbocycles. The predicted octanol–water partition coefficient (Wildman–Crippen LogP) is 1.22. The van der Waals surface area contributed by atoms with Crippen LogP contribution in [0.1, 0.15) is 64.5 Å². The van der Waals surface area contributed by atoms with Gasteiger partial charge in [-0.3, -0.25) is 19.3 Å². The molecule has 1 aliphatic heterocycles. The monoisotopic (exact) mass is 598 g/mol. The molecule has 3 aliphatic carbocycles. The Labute approximate surface area is 250 Å². The number of ketones is 2. The lowest BCUT2D eigenvalue weighted by Gasteiger charge is -2.53. The van der Waals surface area contributed by atoms with E-state index in [1.165, 1.54) is 19.0 Å². The van der Waals surface area contributed by atoms with E-state index in [-0.39, 0.29) is 28.4 Å². The minimum absolute atomic E-state index is 0.0320. The summed E-state index contributed by atoms with van der Waals surface area (Å²) in [4.78, 5) is 41.0. The number of phenols is 1. The molecule has 1 saturated heterocycles. The number of aliphatic hydroxyl groups excluding tert-OH is 3. The third-order valence-electron chi connectivity index (χ3n) is 9.68. The molecule has 0 spiro atoms. The lowest BCUT2D eigenvalue weighted by atomic mass is 9.54. The molecule has 12 heteroatoms. The molecule has 1 amide bonds. The Hall–Kier alpha value is -3.45. The van der Waals surface area contributed by atoms with Gasteiger partial charge in [0, 0.05) is 28.6 Å². The second kappa shape index (κ2) is 9.78. The molecule has 2 unspecified atom stereocenters. The summed E-state index contributed by atoms with van der Waals surface area (Å²) in [6.45, 7) is 10.1. The number of carbonyl (C=O) groups excluding carboxylic acids is 3. The number of nitrogens with one attached hydrogen (secondary N) is 2. The van der Waals surface area contributed by atoms with Gasteiger partial charge in [0.2, 0.25) is 5.78 Å². The van der Waals surface area contributed by atoms with Gasteiger partial charge in [0.15, 0.2) is 11.4 Å². The molecular weight excluding hydrogens is 556 g/mol. The maximum absolute atomic E-state index is 14.2. The van der Waals surface area contributed by atoms with E-state index >= 15 is 0 Å². The summed E-state index contributed by atoms with van der Waals surface area (Å²) in [6.07, 6.45) is -0.135. The standard InChI is InChI=1S/C31H42N4O8/c1-12-14-8-9-15(33-13-10-29(2,3)34-30(4,5)11-13)22(36)17(14)23(37)18-16(12)24(38)20-21(35(6)7)25(39)19(28(32)42)27(41)31(20,43)26(18)40/h8-9,12-13,16,20-21,24,33-34,36-38,41,43H,10-11H2,1-7H3,(H2,32,42)/t12-,16?,20?,21-,24-,31-/m0/s1. The van der Waals surface area contributed by atoms with Crippen molar-refractivity contribution in [1.29, 1.82) is 0 Å². The van der Waals surface area contributed by atoms with Crippen LogP contribution in [0.15, 0.2) is 29.0 Å². The van der Waals surface area contributed by atoms with Crippen molar-refractivity contribution < 1.29 is 39.9 Å².